The first-order valence-electron chi connectivity index (χ1n) is 3.15. The summed E-state index contributed by atoms with van der Waals surface area (Å²) in [4.78, 5) is 2.07. The number of hydrogen-bond donors (Lipinski definition) is 0. The maximum Gasteiger partial charge on any atom is 0.142 e. The Morgan fingerprint density at radius 3 is 2.40 bits per heavy atom. The molecule has 0 radical (unpaired) electrons. The molecule has 0 amide bonds. The Labute approximate surface area is 76.2 Å². The van der Waals surface area contributed by atoms with Gasteiger partial charge in [-0.25, -0.2) is 0 Å². The summed E-state index contributed by atoms with van der Waals surface area (Å²) in [6, 6.07) is 0.396. The SMILES string of the molecule is CCC1C(=S)SC(=S)N1C. The van der Waals surface area contributed by atoms with Crippen LogP contribution in [-0.2, 0) is 0 Å². The lowest BCUT2D eigenvalue weighted by Crippen LogP contribution is -2.29. The van der Waals surface area contributed by atoms with Crippen molar-refractivity contribution in [1.82, 2.24) is 4.90 Å². The Bertz CT molecular complexity index is 178. The summed E-state index contributed by atoms with van der Waals surface area (Å²) < 4.78 is 1.94. The topological polar surface area (TPSA) is 3.24 Å². The summed E-state index contributed by atoms with van der Waals surface area (Å²) in [7, 11) is 2.00. The van der Waals surface area contributed by atoms with Crippen LogP contribution in [-0.4, -0.2) is 26.5 Å². The average Bonchev–Trinajstić information content (AvgIpc) is 2.09. The van der Waals surface area contributed by atoms with Gasteiger partial charge in [0.25, 0.3) is 0 Å². The van der Waals surface area contributed by atoms with E-state index in [1.165, 1.54) is 0 Å². The summed E-state index contributed by atoms with van der Waals surface area (Å²) in [5.41, 5.74) is 0. The van der Waals surface area contributed by atoms with Crippen molar-refractivity contribution < 1.29 is 0 Å². The van der Waals surface area contributed by atoms with E-state index in [0.29, 0.717) is 6.04 Å². The van der Waals surface area contributed by atoms with Gasteiger partial charge in [0.1, 0.15) is 4.32 Å². The quantitative estimate of drug-likeness (QED) is 0.583. The third-order valence-electron chi connectivity index (χ3n) is 1.60. The molecule has 0 aromatic heterocycles. The third kappa shape index (κ3) is 1.33. The second-order valence-corrected chi connectivity index (χ2v) is 4.60. The van der Waals surface area contributed by atoms with Crippen LogP contribution >= 0.6 is 36.2 Å². The molecule has 1 unspecified atom stereocenters. The molecule has 0 aliphatic carbocycles. The monoisotopic (exact) mass is 191 g/mol. The molecule has 1 nitrogen and oxygen atoms in total. The zero-order valence-corrected chi connectivity index (χ0v) is 8.41. The van der Waals surface area contributed by atoms with E-state index < -0.39 is 0 Å². The molecule has 0 spiro atoms. The highest BCUT2D eigenvalue weighted by Crippen LogP contribution is 2.27. The van der Waals surface area contributed by atoms with Gasteiger partial charge in [-0.3, -0.25) is 0 Å². The number of thioether (sulfide) groups is 1. The standard InChI is InChI=1S/C6H9NS3/c1-3-4-5(8)10-6(9)7(4)2/h4H,3H2,1-2H3. The smallest absolute Gasteiger partial charge is 0.142 e. The van der Waals surface area contributed by atoms with Gasteiger partial charge >= 0.3 is 0 Å². The van der Waals surface area contributed by atoms with Gasteiger partial charge in [0.05, 0.1) is 10.2 Å². The highest BCUT2D eigenvalue weighted by Gasteiger charge is 2.28. The molecule has 1 aliphatic rings. The van der Waals surface area contributed by atoms with Crippen LogP contribution in [0.15, 0.2) is 0 Å². The van der Waals surface area contributed by atoms with Crippen LogP contribution in [0.4, 0.5) is 0 Å². The van der Waals surface area contributed by atoms with Crippen LogP contribution < -0.4 is 0 Å². The molecule has 1 heterocycles. The summed E-state index contributed by atoms with van der Waals surface area (Å²) in [6.45, 7) is 2.13. The lowest BCUT2D eigenvalue weighted by molar-refractivity contribution is 0.464. The first-order chi connectivity index (χ1) is 4.66. The Morgan fingerprint density at radius 1 is 1.60 bits per heavy atom. The molecule has 0 aromatic carbocycles. The highest BCUT2D eigenvalue weighted by molar-refractivity contribution is 8.38. The Morgan fingerprint density at radius 2 is 2.20 bits per heavy atom. The molecule has 10 heavy (non-hydrogen) atoms. The van der Waals surface area contributed by atoms with Crippen molar-refractivity contribution in [3.05, 3.63) is 0 Å². The zero-order valence-electron chi connectivity index (χ0n) is 5.96. The Hall–Kier alpha value is 0.330. The second-order valence-electron chi connectivity index (χ2n) is 2.22. The van der Waals surface area contributed by atoms with Crippen LogP contribution in [0.1, 0.15) is 13.3 Å². The molecule has 0 bridgehead atoms. The fourth-order valence-electron chi connectivity index (χ4n) is 0.952. The van der Waals surface area contributed by atoms with E-state index in [0.717, 1.165) is 14.9 Å². The van der Waals surface area contributed by atoms with Crippen molar-refractivity contribution >= 4 is 44.7 Å². The summed E-state index contributed by atoms with van der Waals surface area (Å²) in [5, 5.41) is 0. The number of nitrogens with zero attached hydrogens (tertiary/aromatic N) is 1. The lowest BCUT2D eigenvalue weighted by atomic mass is 10.2. The number of rotatable bonds is 1. The summed E-state index contributed by atoms with van der Waals surface area (Å²) in [6.07, 6.45) is 1.06. The van der Waals surface area contributed by atoms with E-state index >= 15 is 0 Å². The molecule has 0 saturated carbocycles. The van der Waals surface area contributed by atoms with E-state index in [1.807, 2.05) is 7.05 Å². The Kier molecular flexibility index (Phi) is 2.66. The van der Waals surface area contributed by atoms with Crippen LogP contribution in [0.3, 0.4) is 0 Å². The predicted octanol–water partition coefficient (Wildman–Crippen LogP) is 2.06. The minimum atomic E-state index is 0.396. The first-order valence-corrected chi connectivity index (χ1v) is 4.78. The van der Waals surface area contributed by atoms with Gasteiger partial charge in [-0.05, 0) is 6.42 Å². The normalized spacial score (nSPS) is 26.2. The number of hydrogen-bond acceptors (Lipinski definition) is 3. The van der Waals surface area contributed by atoms with Crippen LogP contribution in [0.2, 0.25) is 0 Å². The zero-order chi connectivity index (χ0) is 7.72. The van der Waals surface area contributed by atoms with E-state index in [-0.39, 0.29) is 0 Å². The van der Waals surface area contributed by atoms with Crippen molar-refractivity contribution in [2.45, 2.75) is 19.4 Å². The van der Waals surface area contributed by atoms with E-state index in [1.54, 1.807) is 11.8 Å². The maximum atomic E-state index is 5.13. The van der Waals surface area contributed by atoms with Gasteiger partial charge in [-0.2, -0.15) is 0 Å². The first kappa shape index (κ1) is 8.43. The molecule has 1 saturated heterocycles. The molecule has 1 fully saturated rings. The minimum absolute atomic E-state index is 0.396. The lowest BCUT2D eigenvalue weighted by Gasteiger charge is -2.17. The highest BCUT2D eigenvalue weighted by atomic mass is 32.2. The van der Waals surface area contributed by atoms with Crippen molar-refractivity contribution in [3.8, 4) is 0 Å². The fraction of sp³-hybridized carbons (Fsp3) is 0.667. The molecule has 1 rings (SSSR count). The average molecular weight is 191 g/mol. The van der Waals surface area contributed by atoms with Crippen LogP contribution in [0.5, 0.6) is 0 Å². The third-order valence-corrected chi connectivity index (χ3v) is 3.60. The van der Waals surface area contributed by atoms with Gasteiger partial charge in [0, 0.05) is 7.05 Å². The molecule has 0 aromatic rings. The molecule has 1 atom stereocenters. The van der Waals surface area contributed by atoms with Gasteiger partial charge in [0.15, 0.2) is 0 Å². The van der Waals surface area contributed by atoms with Gasteiger partial charge in [-0.15, -0.1) is 0 Å². The largest absolute Gasteiger partial charge is 0.352 e. The van der Waals surface area contributed by atoms with Crippen molar-refractivity contribution in [2.24, 2.45) is 0 Å². The van der Waals surface area contributed by atoms with Crippen molar-refractivity contribution in [1.29, 1.82) is 0 Å². The fourth-order valence-corrected chi connectivity index (χ4v) is 2.97. The van der Waals surface area contributed by atoms with Gasteiger partial charge in [0.2, 0.25) is 0 Å². The van der Waals surface area contributed by atoms with Gasteiger partial charge < -0.3 is 4.90 Å². The summed E-state index contributed by atoms with van der Waals surface area (Å²) in [5.74, 6) is 0. The van der Waals surface area contributed by atoms with Gasteiger partial charge in [-0.1, -0.05) is 43.1 Å². The molecule has 4 heteroatoms. The molecule has 0 N–H and O–H groups in total. The summed E-state index contributed by atoms with van der Waals surface area (Å²) >= 11 is 11.7. The number of thiocarbonyl (C=S) groups is 2. The maximum absolute atomic E-state index is 5.13. The van der Waals surface area contributed by atoms with E-state index in [2.05, 4.69) is 11.8 Å². The second kappa shape index (κ2) is 3.15. The predicted molar refractivity (Wildman–Crippen MR) is 54.6 cm³/mol. The minimum Gasteiger partial charge on any atom is -0.352 e. The van der Waals surface area contributed by atoms with Crippen molar-refractivity contribution in [2.75, 3.05) is 7.05 Å². The van der Waals surface area contributed by atoms with Crippen molar-refractivity contribution in [3.63, 3.8) is 0 Å². The van der Waals surface area contributed by atoms with Crippen LogP contribution in [0.25, 0.3) is 0 Å². The van der Waals surface area contributed by atoms with Crippen LogP contribution in [0, 0.1) is 0 Å². The molecule has 1 aliphatic heterocycles. The Balaban J connectivity index is 2.73. The van der Waals surface area contributed by atoms with E-state index in [4.69, 9.17) is 24.4 Å². The van der Waals surface area contributed by atoms with E-state index in [9.17, 15) is 0 Å². The molecule has 56 valence electrons. The molecular formula is C6H9NS3. The molecular weight excluding hydrogens is 182 g/mol.